The number of hydrogen-bond acceptors (Lipinski definition) is 14. The van der Waals surface area contributed by atoms with Gasteiger partial charge in [0.25, 0.3) is 0 Å². The monoisotopic (exact) mass is 1630 g/mol. The van der Waals surface area contributed by atoms with E-state index in [1.54, 1.807) is 0 Å². The van der Waals surface area contributed by atoms with E-state index in [0.717, 1.165) is 135 Å². The first-order chi connectivity index (χ1) is 55.2. The topological polar surface area (TPSA) is 231 Å². The van der Waals surface area contributed by atoms with Crippen LogP contribution in [0.3, 0.4) is 0 Å². The minimum Gasteiger partial charge on any atom is -0.463 e. The Morgan fingerprint density at radius 1 is 0.257 bits per heavy atom. The molecule has 0 aliphatic carbocycles. The van der Waals surface area contributed by atoms with Crippen LogP contribution in [-0.4, -0.2) is 95.9 Å². The number of rotatable bonds is 86. The Morgan fingerprint density at radius 2 is 0.469 bits per heavy atom. The maximum absolute atomic E-state index is 13.0. The maximum atomic E-state index is 13.0. The third kappa shape index (κ3) is 88.3. The van der Waals surface area contributed by atoms with Crippen LogP contribution in [0.2, 0.25) is 0 Å². The molecule has 5 atom stereocenters. The Balaban J connectivity index is 4.32. The zero-order chi connectivity index (χ0) is 82.2. The summed E-state index contributed by atoms with van der Waals surface area (Å²) < 4.78 is 61.3. The summed E-state index contributed by atoms with van der Waals surface area (Å²) in [5.41, 5.74) is 0. The lowest BCUT2D eigenvalue weighted by atomic mass is 10.0. The zero-order valence-electron chi connectivity index (χ0n) is 71.8. The molecule has 0 aromatic carbocycles. The highest BCUT2D eigenvalue weighted by molar-refractivity contribution is 7.47. The van der Waals surface area contributed by atoms with Crippen LogP contribution in [0, 0.1) is 0 Å². The maximum Gasteiger partial charge on any atom is 0.472 e. The fraction of sp³-hybridized carbons (Fsp3) is 0.737. The Hall–Kier alpha value is -4.31. The molecule has 0 aromatic rings. The molecule has 0 bridgehead atoms. The van der Waals surface area contributed by atoms with Crippen molar-refractivity contribution in [2.45, 2.75) is 411 Å². The fourth-order valence-corrected chi connectivity index (χ4v) is 14.1. The van der Waals surface area contributed by atoms with Gasteiger partial charge in [-0.05, 0) is 116 Å². The van der Waals surface area contributed by atoms with Crippen molar-refractivity contribution in [3.63, 3.8) is 0 Å². The third-order valence-corrected chi connectivity index (χ3v) is 21.3. The standard InChI is InChI=1S/C95H166O16P2/c1-4-7-10-13-16-19-22-24-26-28-30-32-34-36-38-40-42-43-44-45-47-49-50-52-54-56-58-60-62-64-67-69-72-75-78-81-93(98)105-84-90(96)85-107-112(101,102)108-86-91(97)87-109-113(103,104)110-89-92(111-95(100)83-80-77-74-71-66-21-18-15-12-9-6-3)88-106-94(99)82-79-76-73-70-68-65-63-61-59-57-55-53-51-48-46-41-39-37-35-33-31-29-27-25-23-20-17-14-11-8-5-2/h7-8,10-11,16-17,19-20,24-27,30-33,36-39,42-43,90-92,96-97H,4-6,9,12-15,18,21-23,28-29,34-35,40-41,44-89H2,1-3H3,(H,101,102)(H,103,104)/b10-7-,11-8-,19-16-,20-17-,26-24-,27-25-,32-30-,33-31-,38-36-,39-37-,43-42-. The molecule has 0 amide bonds. The van der Waals surface area contributed by atoms with Gasteiger partial charge in [-0.1, -0.05) is 392 Å². The lowest BCUT2D eigenvalue weighted by Crippen LogP contribution is -2.30. The second-order valence-electron chi connectivity index (χ2n) is 30.4. The van der Waals surface area contributed by atoms with Crippen LogP contribution in [-0.2, 0) is 55.8 Å². The van der Waals surface area contributed by atoms with E-state index in [-0.39, 0.29) is 19.3 Å². The van der Waals surface area contributed by atoms with Crippen molar-refractivity contribution in [1.29, 1.82) is 0 Å². The summed E-state index contributed by atoms with van der Waals surface area (Å²) in [5.74, 6) is -1.56. The Bertz CT molecular complexity index is 2580. The van der Waals surface area contributed by atoms with E-state index >= 15 is 0 Å². The van der Waals surface area contributed by atoms with Crippen molar-refractivity contribution in [3.8, 4) is 0 Å². The number of aliphatic hydroxyl groups excluding tert-OH is 2. The highest BCUT2D eigenvalue weighted by Gasteiger charge is 2.29. The summed E-state index contributed by atoms with van der Waals surface area (Å²) in [6.07, 6.45) is 108. The molecule has 0 saturated carbocycles. The minimum atomic E-state index is -4.93. The molecule has 0 aliphatic rings. The van der Waals surface area contributed by atoms with Crippen LogP contribution in [0.4, 0.5) is 0 Å². The van der Waals surface area contributed by atoms with Gasteiger partial charge in [-0.3, -0.25) is 32.5 Å². The van der Waals surface area contributed by atoms with Gasteiger partial charge in [0, 0.05) is 19.3 Å². The van der Waals surface area contributed by atoms with Gasteiger partial charge in [0.1, 0.15) is 25.4 Å². The summed E-state index contributed by atoms with van der Waals surface area (Å²) in [7, 11) is -9.78. The highest BCUT2D eigenvalue weighted by atomic mass is 31.2. The summed E-state index contributed by atoms with van der Waals surface area (Å²) in [4.78, 5) is 58.8. The summed E-state index contributed by atoms with van der Waals surface area (Å²) >= 11 is 0. The third-order valence-electron chi connectivity index (χ3n) is 19.4. The second-order valence-corrected chi connectivity index (χ2v) is 33.3. The zero-order valence-corrected chi connectivity index (χ0v) is 73.6. The lowest BCUT2D eigenvalue weighted by molar-refractivity contribution is -0.161. The van der Waals surface area contributed by atoms with Gasteiger partial charge >= 0.3 is 33.6 Å². The van der Waals surface area contributed by atoms with Crippen LogP contribution in [0.5, 0.6) is 0 Å². The van der Waals surface area contributed by atoms with Gasteiger partial charge < -0.3 is 34.2 Å². The van der Waals surface area contributed by atoms with Gasteiger partial charge in [-0.15, -0.1) is 0 Å². The fourth-order valence-electron chi connectivity index (χ4n) is 12.5. The number of unbranched alkanes of at least 4 members (excludes halogenated alkanes) is 41. The molecular formula is C95H166O16P2. The number of carbonyl (C=O) groups is 3. The van der Waals surface area contributed by atoms with E-state index in [1.165, 1.54) is 199 Å². The largest absolute Gasteiger partial charge is 0.472 e. The van der Waals surface area contributed by atoms with Crippen LogP contribution in [0.25, 0.3) is 0 Å². The summed E-state index contributed by atoms with van der Waals surface area (Å²) in [6.45, 7) is 2.50. The van der Waals surface area contributed by atoms with Gasteiger partial charge in [-0.2, -0.15) is 0 Å². The number of allylic oxidation sites excluding steroid dienone is 22. The SMILES string of the molecule is CC/C=C\C/C=C\C/C=C\C/C=C\C/C=C\C/C=C\CCCCCCCCCCCCCCCCCCC(=O)OCC(O)COP(=O)(O)OCC(O)COP(=O)(O)OCC(COC(=O)CCCCCCCCCCCCCCCCC/C=C\C/C=C\C/C=C\C/C=C\C/C=C\CC)OC(=O)CCCCCCCCCCCCC. The van der Waals surface area contributed by atoms with Gasteiger partial charge in [0.15, 0.2) is 6.10 Å². The van der Waals surface area contributed by atoms with Crippen molar-refractivity contribution >= 4 is 33.6 Å². The molecular weight excluding hydrogens is 1460 g/mol. The highest BCUT2D eigenvalue weighted by Crippen LogP contribution is 2.45. The van der Waals surface area contributed by atoms with Crippen LogP contribution in [0.15, 0.2) is 134 Å². The first-order valence-electron chi connectivity index (χ1n) is 45.5. The molecule has 18 heteroatoms. The average Bonchev–Trinajstić information content (AvgIpc) is 0.901. The molecule has 0 spiro atoms. The Morgan fingerprint density at radius 3 is 0.743 bits per heavy atom. The molecule has 16 nitrogen and oxygen atoms in total. The normalized spacial score (nSPS) is 14.4. The lowest BCUT2D eigenvalue weighted by Gasteiger charge is -2.21. The first kappa shape index (κ1) is 109. The number of esters is 3. The van der Waals surface area contributed by atoms with Crippen molar-refractivity contribution in [3.05, 3.63) is 134 Å². The van der Waals surface area contributed by atoms with E-state index in [9.17, 15) is 43.5 Å². The van der Waals surface area contributed by atoms with Crippen LogP contribution < -0.4 is 0 Å². The Kier molecular flexibility index (Phi) is 83.7. The molecule has 5 unspecified atom stereocenters. The smallest absolute Gasteiger partial charge is 0.463 e. The van der Waals surface area contributed by atoms with E-state index in [1.807, 2.05) is 0 Å². The molecule has 0 aromatic heterocycles. The molecule has 0 rings (SSSR count). The van der Waals surface area contributed by atoms with E-state index in [4.69, 9.17) is 32.3 Å². The molecule has 0 heterocycles. The second kappa shape index (κ2) is 87.0. The molecule has 0 saturated heterocycles. The van der Waals surface area contributed by atoms with Gasteiger partial charge in [0.2, 0.25) is 0 Å². The number of phosphoric acid groups is 2. The van der Waals surface area contributed by atoms with Crippen LogP contribution in [0.1, 0.15) is 393 Å². The molecule has 0 radical (unpaired) electrons. The van der Waals surface area contributed by atoms with E-state index < -0.39 is 91.5 Å². The number of carbonyl (C=O) groups excluding carboxylic acids is 3. The molecule has 0 aliphatic heterocycles. The van der Waals surface area contributed by atoms with Crippen LogP contribution >= 0.6 is 15.6 Å². The van der Waals surface area contributed by atoms with Gasteiger partial charge in [-0.25, -0.2) is 9.13 Å². The van der Waals surface area contributed by atoms with Gasteiger partial charge in [0.05, 0.1) is 26.4 Å². The van der Waals surface area contributed by atoms with Crippen molar-refractivity contribution in [2.75, 3.05) is 39.6 Å². The number of phosphoric ester groups is 2. The quantitative estimate of drug-likeness (QED) is 0.0146. The number of ether oxygens (including phenoxy) is 3. The number of aliphatic hydroxyl groups is 2. The molecule has 652 valence electrons. The van der Waals surface area contributed by atoms with Crippen molar-refractivity contribution < 1.29 is 75.8 Å². The summed E-state index contributed by atoms with van der Waals surface area (Å²) in [6, 6.07) is 0. The number of hydrogen-bond donors (Lipinski definition) is 4. The minimum absolute atomic E-state index is 0.108. The van der Waals surface area contributed by atoms with E-state index in [2.05, 4.69) is 154 Å². The molecule has 113 heavy (non-hydrogen) atoms. The Labute approximate surface area is 690 Å². The first-order valence-corrected chi connectivity index (χ1v) is 48.5. The van der Waals surface area contributed by atoms with Crippen molar-refractivity contribution in [1.82, 2.24) is 0 Å². The molecule has 0 fully saturated rings. The predicted molar refractivity (Wildman–Crippen MR) is 473 cm³/mol. The van der Waals surface area contributed by atoms with Crippen molar-refractivity contribution in [2.24, 2.45) is 0 Å². The summed E-state index contributed by atoms with van der Waals surface area (Å²) in [5, 5.41) is 20.7. The molecule has 4 N–H and O–H groups in total. The van der Waals surface area contributed by atoms with E-state index in [0.29, 0.717) is 19.3 Å². The predicted octanol–water partition coefficient (Wildman–Crippen LogP) is 27.8. The average molecular weight is 1630 g/mol.